The average molecular weight is 389 g/mol. The fourth-order valence-electron chi connectivity index (χ4n) is 3.58. The second-order valence-corrected chi connectivity index (χ2v) is 7.76. The zero-order chi connectivity index (χ0) is 19.4. The van der Waals surface area contributed by atoms with Crippen molar-refractivity contribution >= 4 is 29.0 Å². The Labute approximate surface area is 164 Å². The van der Waals surface area contributed by atoms with Crippen LogP contribution in [0.4, 0.5) is 0 Å². The molecular weight excluding hydrogens is 360 g/mol. The summed E-state index contributed by atoms with van der Waals surface area (Å²) in [7, 11) is 0. The van der Waals surface area contributed by atoms with Crippen LogP contribution >= 0.6 is 12.2 Å². The lowest BCUT2D eigenvalue weighted by molar-refractivity contribution is 0.0950. The average Bonchev–Trinajstić information content (AvgIpc) is 2.66. The quantitative estimate of drug-likeness (QED) is 0.590. The van der Waals surface area contributed by atoms with Crippen LogP contribution in [0.5, 0.6) is 0 Å². The number of H-pyrrole nitrogens is 1. The van der Waals surface area contributed by atoms with Gasteiger partial charge in [-0.2, -0.15) is 0 Å². The van der Waals surface area contributed by atoms with E-state index in [2.05, 4.69) is 22.1 Å². The minimum absolute atomic E-state index is 0.122. The van der Waals surface area contributed by atoms with Gasteiger partial charge in [0.15, 0.2) is 4.77 Å². The fourth-order valence-corrected chi connectivity index (χ4v) is 3.90. The van der Waals surface area contributed by atoms with Crippen molar-refractivity contribution in [1.82, 2.24) is 19.8 Å². The molecule has 0 radical (unpaired) electrons. The summed E-state index contributed by atoms with van der Waals surface area (Å²) in [6, 6.07) is 5.09. The van der Waals surface area contributed by atoms with Crippen LogP contribution in [0.1, 0.15) is 43.5 Å². The van der Waals surface area contributed by atoms with E-state index in [4.69, 9.17) is 12.2 Å². The topological polar surface area (TPSA) is 70.1 Å². The summed E-state index contributed by atoms with van der Waals surface area (Å²) in [6.07, 6.45) is 3.48. The lowest BCUT2D eigenvalue weighted by atomic mass is 9.99. The molecule has 146 valence electrons. The summed E-state index contributed by atoms with van der Waals surface area (Å²) in [4.78, 5) is 30.4. The molecule has 1 saturated heterocycles. The third-order valence-corrected chi connectivity index (χ3v) is 5.70. The van der Waals surface area contributed by atoms with Gasteiger partial charge in [-0.25, -0.2) is 0 Å². The molecule has 1 amide bonds. The third kappa shape index (κ3) is 4.65. The van der Waals surface area contributed by atoms with Crippen molar-refractivity contribution in [1.29, 1.82) is 0 Å². The number of rotatable bonds is 6. The van der Waals surface area contributed by atoms with Crippen LogP contribution in [-0.2, 0) is 6.54 Å². The van der Waals surface area contributed by atoms with Gasteiger partial charge < -0.3 is 15.2 Å². The first-order chi connectivity index (χ1) is 13.0. The number of aromatic amines is 1. The number of amides is 1. The number of piperidine rings is 1. The first-order valence-electron chi connectivity index (χ1n) is 9.77. The Hall–Kier alpha value is -1.99. The van der Waals surface area contributed by atoms with Crippen LogP contribution in [0.3, 0.4) is 0 Å². The molecule has 1 aliphatic heterocycles. The van der Waals surface area contributed by atoms with E-state index in [0.29, 0.717) is 34.3 Å². The summed E-state index contributed by atoms with van der Waals surface area (Å²) in [6.45, 7) is 8.70. The molecule has 0 bridgehead atoms. The van der Waals surface area contributed by atoms with Gasteiger partial charge in [-0.05, 0) is 82.2 Å². The summed E-state index contributed by atoms with van der Waals surface area (Å²) in [5.41, 5.74) is 1.01. The largest absolute Gasteiger partial charge is 0.352 e. The zero-order valence-electron chi connectivity index (χ0n) is 16.1. The van der Waals surface area contributed by atoms with Gasteiger partial charge in [0, 0.05) is 18.7 Å². The van der Waals surface area contributed by atoms with Crippen molar-refractivity contribution in [3.05, 3.63) is 38.9 Å². The zero-order valence-corrected chi connectivity index (χ0v) is 16.9. The van der Waals surface area contributed by atoms with Gasteiger partial charge in [0.25, 0.3) is 11.5 Å². The number of hydrogen-bond donors (Lipinski definition) is 2. The molecule has 1 fully saturated rings. The fraction of sp³-hybridized carbons (Fsp3) is 0.550. The van der Waals surface area contributed by atoms with Gasteiger partial charge in [-0.15, -0.1) is 0 Å². The van der Waals surface area contributed by atoms with Gasteiger partial charge in [0.05, 0.1) is 10.9 Å². The van der Waals surface area contributed by atoms with E-state index in [1.807, 2.05) is 6.92 Å². The molecule has 6 nitrogen and oxygen atoms in total. The Morgan fingerprint density at radius 1 is 1.33 bits per heavy atom. The standard InChI is InChI=1S/C20H28N4O2S/c1-3-24-19(26)16-6-5-15(13-17(16)22-20(24)27)18(25)21-9-4-10-23-11-7-14(2)8-12-23/h5-6,13-14H,3-4,7-12H2,1-2H3,(H,21,25)(H,22,27). The second-order valence-electron chi connectivity index (χ2n) is 7.37. The second kappa shape index (κ2) is 8.80. The third-order valence-electron chi connectivity index (χ3n) is 5.37. The molecule has 27 heavy (non-hydrogen) atoms. The molecule has 2 aromatic rings. The number of likely N-dealkylation sites (tertiary alicyclic amines) is 1. The molecule has 3 rings (SSSR count). The van der Waals surface area contributed by atoms with Gasteiger partial charge >= 0.3 is 0 Å². The van der Waals surface area contributed by atoms with Crippen molar-refractivity contribution in [2.75, 3.05) is 26.2 Å². The maximum Gasteiger partial charge on any atom is 0.262 e. The van der Waals surface area contributed by atoms with E-state index in [-0.39, 0.29) is 11.5 Å². The number of aromatic nitrogens is 2. The van der Waals surface area contributed by atoms with Crippen molar-refractivity contribution in [3.8, 4) is 0 Å². The number of fused-ring (bicyclic) bond motifs is 1. The van der Waals surface area contributed by atoms with E-state index in [9.17, 15) is 9.59 Å². The smallest absolute Gasteiger partial charge is 0.262 e. The Morgan fingerprint density at radius 2 is 2.07 bits per heavy atom. The van der Waals surface area contributed by atoms with Crippen molar-refractivity contribution < 1.29 is 4.79 Å². The van der Waals surface area contributed by atoms with E-state index >= 15 is 0 Å². The summed E-state index contributed by atoms with van der Waals surface area (Å²) in [5.74, 6) is 0.714. The Bertz CT molecular complexity index is 926. The lowest BCUT2D eigenvalue weighted by Gasteiger charge is -2.30. The van der Waals surface area contributed by atoms with Crippen LogP contribution < -0.4 is 10.9 Å². The van der Waals surface area contributed by atoms with E-state index in [0.717, 1.165) is 32.0 Å². The number of hydrogen-bond acceptors (Lipinski definition) is 4. The summed E-state index contributed by atoms with van der Waals surface area (Å²) < 4.78 is 1.89. The maximum absolute atomic E-state index is 12.4. The first-order valence-corrected chi connectivity index (χ1v) is 10.2. The lowest BCUT2D eigenvalue weighted by Crippen LogP contribution is -2.35. The molecule has 1 aliphatic rings. The monoisotopic (exact) mass is 388 g/mol. The van der Waals surface area contributed by atoms with Gasteiger partial charge in [0.2, 0.25) is 0 Å². The molecule has 0 unspecified atom stereocenters. The molecule has 1 aromatic carbocycles. The van der Waals surface area contributed by atoms with Crippen molar-refractivity contribution in [3.63, 3.8) is 0 Å². The van der Waals surface area contributed by atoms with Gasteiger partial charge in [0.1, 0.15) is 0 Å². The molecule has 1 aromatic heterocycles. The van der Waals surface area contributed by atoms with Crippen LogP contribution in [0, 0.1) is 10.7 Å². The molecule has 2 heterocycles. The Kier molecular flexibility index (Phi) is 6.44. The number of nitrogens with one attached hydrogen (secondary N) is 2. The number of nitrogens with zero attached hydrogens (tertiary/aromatic N) is 2. The predicted molar refractivity (Wildman–Crippen MR) is 111 cm³/mol. The number of carbonyl (C=O) groups is 1. The predicted octanol–water partition coefficient (Wildman–Crippen LogP) is 2.93. The molecular formula is C20H28N4O2S. The van der Waals surface area contributed by atoms with E-state index in [1.54, 1.807) is 18.2 Å². The highest BCUT2D eigenvalue weighted by molar-refractivity contribution is 7.71. The Morgan fingerprint density at radius 3 is 2.78 bits per heavy atom. The van der Waals surface area contributed by atoms with Crippen LogP contribution in [-0.4, -0.2) is 46.5 Å². The normalized spacial score (nSPS) is 15.9. The molecule has 2 N–H and O–H groups in total. The SMILES string of the molecule is CCn1c(=S)[nH]c2cc(C(=O)NCCCN3CCC(C)CC3)ccc2c1=O. The number of benzene rings is 1. The Balaban J connectivity index is 1.59. The minimum Gasteiger partial charge on any atom is -0.352 e. The van der Waals surface area contributed by atoms with Gasteiger partial charge in [-0.3, -0.25) is 14.2 Å². The van der Waals surface area contributed by atoms with E-state index in [1.165, 1.54) is 17.4 Å². The number of carbonyl (C=O) groups excluding carboxylic acids is 1. The highest BCUT2D eigenvalue weighted by atomic mass is 32.1. The molecule has 0 atom stereocenters. The van der Waals surface area contributed by atoms with Gasteiger partial charge in [-0.1, -0.05) is 6.92 Å². The maximum atomic E-state index is 12.4. The molecule has 0 aliphatic carbocycles. The highest BCUT2D eigenvalue weighted by Crippen LogP contribution is 2.15. The minimum atomic E-state index is -0.126. The molecule has 7 heteroatoms. The molecule has 0 spiro atoms. The molecule has 0 saturated carbocycles. The summed E-state index contributed by atoms with van der Waals surface area (Å²) >= 11 is 5.23. The first kappa shape index (κ1) is 19.8. The van der Waals surface area contributed by atoms with Crippen LogP contribution in [0.15, 0.2) is 23.0 Å². The van der Waals surface area contributed by atoms with Crippen molar-refractivity contribution in [2.24, 2.45) is 5.92 Å². The highest BCUT2D eigenvalue weighted by Gasteiger charge is 2.15. The van der Waals surface area contributed by atoms with E-state index < -0.39 is 0 Å². The summed E-state index contributed by atoms with van der Waals surface area (Å²) in [5, 5.41) is 3.52. The van der Waals surface area contributed by atoms with Crippen molar-refractivity contribution in [2.45, 2.75) is 39.7 Å². The van der Waals surface area contributed by atoms with Crippen LogP contribution in [0.25, 0.3) is 10.9 Å². The van der Waals surface area contributed by atoms with Crippen LogP contribution in [0.2, 0.25) is 0 Å².